The molecular weight excluding hydrogens is 458 g/mol. The summed E-state index contributed by atoms with van der Waals surface area (Å²) in [5.74, 6) is -0.144. The van der Waals surface area contributed by atoms with Gasteiger partial charge in [0.1, 0.15) is 5.52 Å². The highest BCUT2D eigenvalue weighted by molar-refractivity contribution is 6.04. The Hall–Kier alpha value is -4.31. The van der Waals surface area contributed by atoms with Gasteiger partial charge in [-0.05, 0) is 55.3 Å². The maximum absolute atomic E-state index is 13.3. The zero-order valence-electron chi connectivity index (χ0n) is 20.3. The van der Waals surface area contributed by atoms with E-state index in [0.717, 1.165) is 5.56 Å². The van der Waals surface area contributed by atoms with E-state index in [1.165, 1.54) is 0 Å². The number of ether oxygens (including phenoxy) is 1. The van der Waals surface area contributed by atoms with Crippen LogP contribution in [0.2, 0.25) is 0 Å². The van der Waals surface area contributed by atoms with Crippen molar-refractivity contribution >= 4 is 34.6 Å². The maximum atomic E-state index is 13.3. The molecule has 3 N–H and O–H groups in total. The van der Waals surface area contributed by atoms with Gasteiger partial charge in [0.15, 0.2) is 5.65 Å². The minimum atomic E-state index is -0.337. The molecule has 4 aromatic rings. The summed E-state index contributed by atoms with van der Waals surface area (Å²) < 4.78 is 7.01. The fourth-order valence-corrected chi connectivity index (χ4v) is 3.87. The summed E-state index contributed by atoms with van der Waals surface area (Å²) in [6.45, 7) is 3.99. The number of methoxy groups -OCH3 is 1. The van der Waals surface area contributed by atoms with Gasteiger partial charge in [-0.3, -0.25) is 24.5 Å². The van der Waals surface area contributed by atoms with Gasteiger partial charge in [-0.25, -0.2) is 9.97 Å². The summed E-state index contributed by atoms with van der Waals surface area (Å²) in [6.07, 6.45) is 5.66. The number of rotatable bonds is 10. The third kappa shape index (κ3) is 5.66. The Balaban J connectivity index is 1.63. The lowest BCUT2D eigenvalue weighted by Gasteiger charge is -2.20. The van der Waals surface area contributed by atoms with E-state index in [9.17, 15) is 9.59 Å². The number of fused-ring (bicyclic) bond motifs is 1. The fraction of sp³-hybridized carbons (Fsp3) is 0.269. The molecule has 36 heavy (non-hydrogen) atoms. The predicted molar refractivity (Wildman–Crippen MR) is 137 cm³/mol. The highest BCUT2D eigenvalue weighted by Gasteiger charge is 2.20. The number of nitrogens with two attached hydrogens (primary N) is 1. The molecule has 3 heterocycles. The third-order valence-corrected chi connectivity index (χ3v) is 5.73. The van der Waals surface area contributed by atoms with Crippen LogP contribution in [0, 0.1) is 0 Å². The molecule has 0 aliphatic heterocycles. The molecule has 0 radical (unpaired) electrons. The number of pyridine rings is 2. The second-order valence-corrected chi connectivity index (χ2v) is 8.25. The molecule has 0 bridgehead atoms. The van der Waals surface area contributed by atoms with Crippen molar-refractivity contribution in [3.05, 3.63) is 77.7 Å². The normalized spacial score (nSPS) is 10.9. The van der Waals surface area contributed by atoms with E-state index >= 15 is 0 Å². The number of carbonyl (C=O) groups excluding carboxylic acids is 2. The van der Waals surface area contributed by atoms with E-state index in [1.54, 1.807) is 60.9 Å². The lowest BCUT2D eigenvalue weighted by molar-refractivity contribution is 0.0752. The van der Waals surface area contributed by atoms with Crippen molar-refractivity contribution in [1.82, 2.24) is 24.4 Å². The summed E-state index contributed by atoms with van der Waals surface area (Å²) in [4.78, 5) is 41.1. The highest BCUT2D eigenvalue weighted by Crippen LogP contribution is 2.22. The van der Waals surface area contributed by atoms with Crippen molar-refractivity contribution in [1.29, 1.82) is 0 Å². The Morgan fingerprint density at radius 2 is 1.94 bits per heavy atom. The Morgan fingerprint density at radius 1 is 1.14 bits per heavy atom. The van der Waals surface area contributed by atoms with Crippen molar-refractivity contribution in [2.75, 3.05) is 31.3 Å². The van der Waals surface area contributed by atoms with E-state index in [1.807, 2.05) is 23.6 Å². The molecule has 0 aliphatic rings. The number of imidazole rings is 1. The van der Waals surface area contributed by atoms with Crippen LogP contribution in [-0.2, 0) is 17.8 Å². The molecule has 0 saturated heterocycles. The zero-order chi connectivity index (χ0) is 25.5. The van der Waals surface area contributed by atoms with Crippen LogP contribution >= 0.6 is 0 Å². The number of nitrogens with one attached hydrogen (secondary N) is 1. The summed E-state index contributed by atoms with van der Waals surface area (Å²) in [6, 6.07) is 12.2. The second-order valence-electron chi connectivity index (χ2n) is 8.25. The molecule has 10 nitrogen and oxygen atoms in total. The molecule has 3 aromatic heterocycles. The van der Waals surface area contributed by atoms with Gasteiger partial charge in [-0.2, -0.15) is 0 Å². The minimum Gasteiger partial charge on any atom is -0.399 e. The molecule has 0 atom stereocenters. The number of nitrogen functional groups attached to an aromatic ring is 1. The number of amides is 2. The Bertz CT molecular complexity index is 1350. The van der Waals surface area contributed by atoms with Gasteiger partial charge >= 0.3 is 0 Å². The van der Waals surface area contributed by atoms with Gasteiger partial charge in [0.05, 0.1) is 5.56 Å². The molecule has 4 rings (SSSR count). The van der Waals surface area contributed by atoms with Crippen molar-refractivity contribution in [3.8, 4) is 0 Å². The van der Waals surface area contributed by atoms with Crippen LogP contribution in [0.4, 0.5) is 11.6 Å². The van der Waals surface area contributed by atoms with Crippen LogP contribution in [0.1, 0.15) is 39.6 Å². The SMILES string of the molecule is CCN(Cc1ccncc1)C(=O)c1cnc2c(c1)nc(NC(=O)c1cccc(N)c1)n2CCCOC. The van der Waals surface area contributed by atoms with Gasteiger partial charge in [0.2, 0.25) is 5.95 Å². The first-order valence-electron chi connectivity index (χ1n) is 11.7. The van der Waals surface area contributed by atoms with Crippen molar-refractivity contribution in [3.63, 3.8) is 0 Å². The van der Waals surface area contributed by atoms with Gasteiger partial charge in [-0.15, -0.1) is 0 Å². The average molecular weight is 488 g/mol. The first kappa shape index (κ1) is 24.8. The van der Waals surface area contributed by atoms with Crippen LogP contribution in [0.3, 0.4) is 0 Å². The number of aryl methyl sites for hydroxylation is 1. The molecule has 186 valence electrons. The van der Waals surface area contributed by atoms with Gasteiger partial charge < -0.3 is 15.4 Å². The Morgan fingerprint density at radius 3 is 2.67 bits per heavy atom. The van der Waals surface area contributed by atoms with Gasteiger partial charge in [0, 0.05) is 63.2 Å². The number of benzene rings is 1. The minimum absolute atomic E-state index is 0.150. The summed E-state index contributed by atoms with van der Waals surface area (Å²) in [5, 5.41) is 2.86. The zero-order valence-corrected chi connectivity index (χ0v) is 20.3. The topological polar surface area (TPSA) is 128 Å². The predicted octanol–water partition coefficient (Wildman–Crippen LogP) is 3.36. The van der Waals surface area contributed by atoms with E-state index in [0.29, 0.717) is 66.6 Å². The maximum Gasteiger partial charge on any atom is 0.258 e. The summed E-state index contributed by atoms with van der Waals surface area (Å²) >= 11 is 0. The second kappa shape index (κ2) is 11.4. The molecule has 10 heteroatoms. The number of hydrogen-bond donors (Lipinski definition) is 2. The molecule has 0 saturated carbocycles. The van der Waals surface area contributed by atoms with E-state index in [-0.39, 0.29) is 11.8 Å². The van der Waals surface area contributed by atoms with Crippen LogP contribution in [0.5, 0.6) is 0 Å². The monoisotopic (exact) mass is 487 g/mol. The number of hydrogen-bond acceptors (Lipinski definition) is 7. The molecule has 0 spiro atoms. The van der Waals surface area contributed by atoms with Gasteiger partial charge in [-0.1, -0.05) is 6.07 Å². The molecular formula is C26H29N7O3. The highest BCUT2D eigenvalue weighted by atomic mass is 16.5. The van der Waals surface area contributed by atoms with E-state index < -0.39 is 0 Å². The van der Waals surface area contributed by atoms with E-state index in [2.05, 4.69) is 20.3 Å². The number of carbonyl (C=O) groups is 2. The first-order valence-corrected chi connectivity index (χ1v) is 11.7. The molecule has 0 unspecified atom stereocenters. The molecule has 0 aliphatic carbocycles. The third-order valence-electron chi connectivity index (χ3n) is 5.73. The fourth-order valence-electron chi connectivity index (χ4n) is 3.87. The van der Waals surface area contributed by atoms with Crippen molar-refractivity contribution < 1.29 is 14.3 Å². The summed E-state index contributed by atoms with van der Waals surface area (Å²) in [5.41, 5.74) is 9.24. The average Bonchev–Trinajstić information content (AvgIpc) is 3.23. The lowest BCUT2D eigenvalue weighted by atomic mass is 10.2. The summed E-state index contributed by atoms with van der Waals surface area (Å²) in [7, 11) is 1.64. The number of aromatic nitrogens is 4. The van der Waals surface area contributed by atoms with Crippen LogP contribution in [-0.4, -0.2) is 56.5 Å². The number of anilines is 2. The molecule has 0 fully saturated rings. The van der Waals surface area contributed by atoms with Crippen LogP contribution < -0.4 is 11.1 Å². The molecule has 1 aromatic carbocycles. The Kier molecular flexibility index (Phi) is 7.86. The largest absolute Gasteiger partial charge is 0.399 e. The van der Waals surface area contributed by atoms with Crippen molar-refractivity contribution in [2.24, 2.45) is 0 Å². The van der Waals surface area contributed by atoms with Crippen molar-refractivity contribution in [2.45, 2.75) is 26.4 Å². The quantitative estimate of drug-likeness (QED) is 0.259. The van der Waals surface area contributed by atoms with E-state index in [4.69, 9.17) is 10.5 Å². The van der Waals surface area contributed by atoms with Crippen LogP contribution in [0.15, 0.2) is 61.1 Å². The smallest absolute Gasteiger partial charge is 0.258 e. The Labute approximate surface area is 209 Å². The first-order chi connectivity index (χ1) is 17.5. The van der Waals surface area contributed by atoms with Crippen LogP contribution in [0.25, 0.3) is 11.2 Å². The lowest BCUT2D eigenvalue weighted by Crippen LogP contribution is -2.30. The number of nitrogens with zero attached hydrogens (tertiary/aromatic N) is 5. The molecule has 2 amide bonds. The standard InChI is InChI=1S/C26H29N7O3/c1-3-32(17-18-8-10-28-11-9-18)25(35)20-15-22-23(29-16-20)33(12-5-13-36-2)26(30-22)31-24(34)19-6-4-7-21(27)14-19/h4,6-11,14-16H,3,5,12-13,17,27H2,1-2H3,(H,30,31,34). The van der Waals surface area contributed by atoms with Gasteiger partial charge in [0.25, 0.3) is 11.8 Å².